The van der Waals surface area contributed by atoms with Gasteiger partial charge in [-0.05, 0) is 73.0 Å². The van der Waals surface area contributed by atoms with Gasteiger partial charge in [-0.3, -0.25) is 4.79 Å². The van der Waals surface area contributed by atoms with Gasteiger partial charge in [0.1, 0.15) is 18.1 Å². The Morgan fingerprint density at radius 1 is 0.919 bits per heavy atom. The van der Waals surface area contributed by atoms with Gasteiger partial charge in [0.2, 0.25) is 0 Å². The molecule has 2 atom stereocenters. The minimum absolute atomic E-state index is 0.140. The number of amides is 1. The lowest BCUT2D eigenvalue weighted by Gasteiger charge is -2.38. The average Bonchev–Trinajstić information content (AvgIpc) is 2.94. The summed E-state index contributed by atoms with van der Waals surface area (Å²) in [5.41, 5.74) is 2.42. The van der Waals surface area contributed by atoms with Crippen LogP contribution in [0.1, 0.15) is 34.5 Å². The van der Waals surface area contributed by atoms with Crippen molar-refractivity contribution in [3.8, 4) is 23.0 Å². The molecule has 0 aromatic heterocycles. The molecule has 0 aliphatic carbocycles. The third kappa shape index (κ3) is 5.80. The summed E-state index contributed by atoms with van der Waals surface area (Å²) in [6, 6.07) is 19.4. The number of nitrogens with zero attached hydrogens (tertiary/aromatic N) is 1. The largest absolute Gasteiger partial charge is 0.493 e. The molecule has 0 bridgehead atoms. The second-order valence-corrected chi connectivity index (χ2v) is 8.60. The first-order chi connectivity index (χ1) is 17.9. The van der Waals surface area contributed by atoms with Crippen LogP contribution in [0.15, 0.2) is 66.7 Å². The van der Waals surface area contributed by atoms with Gasteiger partial charge in [0.15, 0.2) is 17.6 Å². The van der Waals surface area contributed by atoms with Crippen molar-refractivity contribution in [1.82, 2.24) is 4.90 Å². The van der Waals surface area contributed by atoms with Gasteiger partial charge in [-0.25, -0.2) is 4.79 Å². The van der Waals surface area contributed by atoms with Gasteiger partial charge in [0, 0.05) is 6.54 Å². The van der Waals surface area contributed by atoms with Crippen LogP contribution in [0.3, 0.4) is 0 Å². The predicted octanol–water partition coefficient (Wildman–Crippen LogP) is 4.46. The fourth-order valence-electron chi connectivity index (χ4n) is 4.44. The lowest BCUT2D eigenvalue weighted by molar-refractivity contribution is -0.141. The Morgan fingerprint density at radius 3 is 2.24 bits per heavy atom. The number of rotatable bonds is 9. The maximum Gasteiger partial charge on any atom is 0.337 e. The molecule has 4 rings (SSSR count). The van der Waals surface area contributed by atoms with E-state index in [0.717, 1.165) is 11.1 Å². The molecule has 1 heterocycles. The molecule has 8 heteroatoms. The maximum absolute atomic E-state index is 13.6. The van der Waals surface area contributed by atoms with Crippen molar-refractivity contribution in [3.63, 3.8) is 0 Å². The summed E-state index contributed by atoms with van der Waals surface area (Å²) in [5.74, 6) is 1.86. The summed E-state index contributed by atoms with van der Waals surface area (Å²) in [6.45, 7) is 2.45. The molecule has 0 spiro atoms. The zero-order chi connectivity index (χ0) is 26.4. The summed E-state index contributed by atoms with van der Waals surface area (Å²) in [4.78, 5) is 27.2. The Morgan fingerprint density at radius 2 is 1.59 bits per heavy atom. The number of esters is 1. The quantitative estimate of drug-likeness (QED) is 0.397. The van der Waals surface area contributed by atoms with Crippen LogP contribution in [0, 0.1) is 0 Å². The number of fused-ring (bicyclic) bond motifs is 1. The number of methoxy groups -OCH3 is 3. The van der Waals surface area contributed by atoms with Crippen LogP contribution < -0.4 is 18.9 Å². The maximum atomic E-state index is 13.6. The van der Waals surface area contributed by atoms with Crippen molar-refractivity contribution in [3.05, 3.63) is 83.4 Å². The lowest BCUT2D eigenvalue weighted by atomic mass is 9.91. The second kappa shape index (κ2) is 11.7. The first-order valence-electron chi connectivity index (χ1n) is 12.0. The van der Waals surface area contributed by atoms with Crippen molar-refractivity contribution in [2.75, 3.05) is 34.5 Å². The normalized spacial score (nSPS) is 15.2. The van der Waals surface area contributed by atoms with Crippen molar-refractivity contribution >= 4 is 11.9 Å². The number of para-hydroxylation sites is 1. The van der Waals surface area contributed by atoms with Gasteiger partial charge in [-0.1, -0.05) is 18.2 Å². The summed E-state index contributed by atoms with van der Waals surface area (Å²) >= 11 is 0. The zero-order valence-electron chi connectivity index (χ0n) is 21.4. The number of carbonyl (C=O) groups is 2. The summed E-state index contributed by atoms with van der Waals surface area (Å²) in [5, 5.41) is 0. The molecule has 8 nitrogen and oxygen atoms in total. The monoisotopic (exact) mass is 505 g/mol. The molecule has 0 radical (unpaired) electrons. The van der Waals surface area contributed by atoms with E-state index in [0.29, 0.717) is 41.5 Å². The summed E-state index contributed by atoms with van der Waals surface area (Å²) < 4.78 is 27.8. The van der Waals surface area contributed by atoms with E-state index in [9.17, 15) is 9.59 Å². The van der Waals surface area contributed by atoms with Crippen molar-refractivity contribution in [2.24, 2.45) is 0 Å². The number of hydrogen-bond acceptors (Lipinski definition) is 7. The van der Waals surface area contributed by atoms with E-state index >= 15 is 0 Å². The van der Waals surface area contributed by atoms with Gasteiger partial charge in [-0.15, -0.1) is 0 Å². The number of benzene rings is 3. The molecule has 1 aliphatic heterocycles. The van der Waals surface area contributed by atoms with Crippen molar-refractivity contribution in [1.29, 1.82) is 0 Å². The predicted molar refractivity (Wildman–Crippen MR) is 138 cm³/mol. The first kappa shape index (κ1) is 25.9. The van der Waals surface area contributed by atoms with E-state index in [2.05, 4.69) is 0 Å². The standard InChI is InChI=1S/C29H31NO7/c1-19(37-23-8-6-5-7-9-23)28(31)30-15-14-21-16-26(33-2)27(34-3)17-24(21)25(30)18-36-22-12-10-20(11-13-22)29(32)35-4/h5-13,16-17,19,25H,14-15,18H2,1-4H3. The molecule has 1 amide bonds. The van der Waals surface area contributed by atoms with Gasteiger partial charge in [-0.2, -0.15) is 0 Å². The van der Waals surface area contributed by atoms with E-state index in [1.165, 1.54) is 7.11 Å². The second-order valence-electron chi connectivity index (χ2n) is 8.60. The Hall–Kier alpha value is -4.20. The molecule has 2 unspecified atom stereocenters. The number of carbonyl (C=O) groups excluding carboxylic acids is 2. The average molecular weight is 506 g/mol. The molecule has 194 valence electrons. The Kier molecular flexibility index (Phi) is 8.18. The molecule has 0 saturated heterocycles. The van der Waals surface area contributed by atoms with Gasteiger partial charge in [0.25, 0.3) is 5.91 Å². The molecule has 0 N–H and O–H groups in total. The molecule has 37 heavy (non-hydrogen) atoms. The van der Waals surface area contributed by atoms with Crippen LogP contribution in [-0.2, 0) is 16.0 Å². The smallest absolute Gasteiger partial charge is 0.337 e. The van der Waals surface area contributed by atoms with Crippen LogP contribution in [0.2, 0.25) is 0 Å². The van der Waals surface area contributed by atoms with Crippen LogP contribution in [-0.4, -0.2) is 57.4 Å². The first-order valence-corrected chi connectivity index (χ1v) is 12.0. The van der Waals surface area contributed by atoms with Gasteiger partial charge < -0.3 is 28.6 Å². The molecule has 1 aliphatic rings. The molecule has 3 aromatic rings. The third-order valence-electron chi connectivity index (χ3n) is 6.37. The topological polar surface area (TPSA) is 83.5 Å². The minimum Gasteiger partial charge on any atom is -0.493 e. The van der Waals surface area contributed by atoms with E-state index < -0.39 is 18.1 Å². The van der Waals surface area contributed by atoms with Gasteiger partial charge in [0.05, 0.1) is 32.9 Å². The molecular weight excluding hydrogens is 474 g/mol. The number of ether oxygens (including phenoxy) is 5. The Balaban J connectivity index is 1.61. The molecule has 0 fully saturated rings. The highest BCUT2D eigenvalue weighted by molar-refractivity contribution is 5.89. The lowest BCUT2D eigenvalue weighted by Crippen LogP contribution is -2.47. The summed E-state index contributed by atoms with van der Waals surface area (Å²) in [7, 11) is 4.52. The zero-order valence-corrected chi connectivity index (χ0v) is 21.4. The van der Waals surface area contributed by atoms with Crippen LogP contribution in [0.5, 0.6) is 23.0 Å². The highest BCUT2D eigenvalue weighted by atomic mass is 16.5. The van der Waals surface area contributed by atoms with E-state index in [1.807, 2.05) is 42.5 Å². The van der Waals surface area contributed by atoms with Gasteiger partial charge >= 0.3 is 5.97 Å². The van der Waals surface area contributed by atoms with E-state index in [1.54, 1.807) is 50.3 Å². The van der Waals surface area contributed by atoms with Crippen LogP contribution in [0.4, 0.5) is 0 Å². The fraction of sp³-hybridized carbons (Fsp3) is 0.310. The van der Waals surface area contributed by atoms with Crippen molar-refractivity contribution in [2.45, 2.75) is 25.5 Å². The number of hydrogen-bond donors (Lipinski definition) is 0. The van der Waals surface area contributed by atoms with E-state index in [-0.39, 0.29) is 12.5 Å². The molecule has 3 aromatic carbocycles. The minimum atomic E-state index is -0.689. The highest BCUT2D eigenvalue weighted by Gasteiger charge is 2.35. The van der Waals surface area contributed by atoms with Crippen LogP contribution >= 0.6 is 0 Å². The van der Waals surface area contributed by atoms with Crippen LogP contribution in [0.25, 0.3) is 0 Å². The van der Waals surface area contributed by atoms with E-state index in [4.69, 9.17) is 23.7 Å². The summed E-state index contributed by atoms with van der Waals surface area (Å²) in [6.07, 6.45) is -0.0324. The highest BCUT2D eigenvalue weighted by Crippen LogP contribution is 2.39. The Labute approximate surface area is 216 Å². The third-order valence-corrected chi connectivity index (χ3v) is 6.37. The fourth-order valence-corrected chi connectivity index (χ4v) is 4.44. The molecular formula is C29H31NO7. The Bertz CT molecular complexity index is 1230. The SMILES string of the molecule is COC(=O)c1ccc(OCC2c3cc(OC)c(OC)cc3CCN2C(=O)C(C)Oc2ccccc2)cc1. The van der Waals surface area contributed by atoms with Crippen molar-refractivity contribution < 1.29 is 33.3 Å². The molecule has 0 saturated carbocycles.